The number of aryl methyl sites for hydroxylation is 3. The first-order valence-corrected chi connectivity index (χ1v) is 10.4. The molecule has 0 bridgehead atoms. The summed E-state index contributed by atoms with van der Waals surface area (Å²) in [6.45, 7) is 1.90. The lowest BCUT2D eigenvalue weighted by molar-refractivity contribution is -0.142. The van der Waals surface area contributed by atoms with Gasteiger partial charge in [-0.2, -0.15) is 36.5 Å². The van der Waals surface area contributed by atoms with Gasteiger partial charge < -0.3 is 5.32 Å². The minimum absolute atomic E-state index is 0.0000593. The molecule has 13 heteroatoms. The van der Waals surface area contributed by atoms with Crippen molar-refractivity contribution < 1.29 is 31.1 Å². The highest BCUT2D eigenvalue weighted by molar-refractivity contribution is 9.10. The quantitative estimate of drug-likeness (QED) is 0.410. The molecule has 1 saturated carbocycles. The van der Waals surface area contributed by atoms with Crippen LogP contribution in [0.25, 0.3) is 0 Å². The minimum atomic E-state index is -4.59. The molecule has 0 saturated heterocycles. The molecule has 1 aliphatic rings. The molecular formula is C18H20BrF6N5O. The first-order valence-electron chi connectivity index (χ1n) is 9.59. The van der Waals surface area contributed by atoms with Crippen LogP contribution in [0.2, 0.25) is 0 Å². The van der Waals surface area contributed by atoms with Gasteiger partial charge in [0.25, 0.3) is 0 Å². The third-order valence-corrected chi connectivity index (χ3v) is 5.64. The highest BCUT2D eigenvalue weighted by Gasteiger charge is 2.41. The number of rotatable bonds is 8. The Morgan fingerprint density at radius 3 is 2.35 bits per heavy atom. The van der Waals surface area contributed by atoms with Crippen molar-refractivity contribution in [2.75, 3.05) is 6.54 Å². The van der Waals surface area contributed by atoms with Crippen molar-refractivity contribution in [1.82, 2.24) is 24.9 Å². The predicted molar refractivity (Wildman–Crippen MR) is 101 cm³/mol. The average Bonchev–Trinajstić information content (AvgIpc) is 3.32. The van der Waals surface area contributed by atoms with Gasteiger partial charge in [0.2, 0.25) is 5.91 Å². The molecule has 0 aliphatic heterocycles. The number of carbonyl (C=O) groups is 1. The molecule has 31 heavy (non-hydrogen) atoms. The second-order valence-corrected chi connectivity index (χ2v) is 8.18. The number of alkyl halides is 6. The van der Waals surface area contributed by atoms with Crippen LogP contribution in [-0.2, 0) is 30.2 Å². The molecule has 1 amide bonds. The van der Waals surface area contributed by atoms with Gasteiger partial charge in [0.15, 0.2) is 11.4 Å². The largest absolute Gasteiger partial charge is 0.436 e. The van der Waals surface area contributed by atoms with Crippen LogP contribution in [0.15, 0.2) is 10.5 Å². The maximum Gasteiger partial charge on any atom is 0.436 e. The predicted octanol–water partition coefficient (Wildman–Crippen LogP) is 4.66. The second kappa shape index (κ2) is 8.83. The van der Waals surface area contributed by atoms with E-state index in [9.17, 15) is 31.1 Å². The molecule has 1 N–H and O–H groups in total. The minimum Gasteiger partial charge on any atom is -0.356 e. The molecule has 0 radical (unpaired) electrons. The van der Waals surface area contributed by atoms with Crippen molar-refractivity contribution in [1.29, 1.82) is 0 Å². The molecule has 6 nitrogen and oxygen atoms in total. The van der Waals surface area contributed by atoms with Crippen molar-refractivity contribution in [2.45, 2.75) is 64.0 Å². The Kier molecular flexibility index (Phi) is 6.72. The van der Waals surface area contributed by atoms with Crippen molar-refractivity contribution in [3.05, 3.63) is 33.3 Å². The first-order chi connectivity index (χ1) is 14.4. The number of amides is 1. The molecule has 1 aliphatic carbocycles. The van der Waals surface area contributed by atoms with E-state index in [0.717, 1.165) is 18.9 Å². The molecule has 3 rings (SSSR count). The van der Waals surface area contributed by atoms with Crippen molar-refractivity contribution >= 4 is 21.8 Å². The van der Waals surface area contributed by atoms with Gasteiger partial charge in [-0.25, -0.2) is 0 Å². The van der Waals surface area contributed by atoms with E-state index in [-0.39, 0.29) is 42.4 Å². The number of hydrogen-bond donors (Lipinski definition) is 1. The van der Waals surface area contributed by atoms with Crippen LogP contribution in [0.4, 0.5) is 26.3 Å². The average molecular weight is 516 g/mol. The Bertz CT molecular complexity index is 945. The normalized spacial score (nSPS) is 14.8. The van der Waals surface area contributed by atoms with Gasteiger partial charge in [-0.15, -0.1) is 0 Å². The number of aromatic nitrogens is 4. The molecule has 1 fully saturated rings. The molecule has 2 aromatic heterocycles. The van der Waals surface area contributed by atoms with Crippen LogP contribution in [-0.4, -0.2) is 32.0 Å². The summed E-state index contributed by atoms with van der Waals surface area (Å²) in [6.07, 6.45) is -7.27. The van der Waals surface area contributed by atoms with Crippen LogP contribution >= 0.6 is 15.9 Å². The Balaban J connectivity index is 1.49. The lowest BCUT2D eigenvalue weighted by Crippen LogP contribution is -2.26. The molecule has 172 valence electrons. The number of hydrogen-bond acceptors (Lipinski definition) is 3. The molecule has 2 heterocycles. The molecule has 0 spiro atoms. The number of nitrogens with zero attached hydrogens (tertiary/aromatic N) is 4. The van der Waals surface area contributed by atoms with Crippen molar-refractivity contribution in [3.8, 4) is 0 Å². The van der Waals surface area contributed by atoms with E-state index in [1.54, 1.807) is 0 Å². The summed E-state index contributed by atoms with van der Waals surface area (Å²) in [4.78, 5) is 12.1. The van der Waals surface area contributed by atoms with Gasteiger partial charge in [-0.05, 0) is 48.2 Å². The van der Waals surface area contributed by atoms with E-state index in [0.29, 0.717) is 17.8 Å². The Labute approximate surface area is 182 Å². The fourth-order valence-electron chi connectivity index (χ4n) is 3.18. The zero-order valence-corrected chi connectivity index (χ0v) is 18.0. The maximum absolute atomic E-state index is 13.1. The maximum atomic E-state index is 13.1. The van der Waals surface area contributed by atoms with Crippen LogP contribution in [0.1, 0.15) is 54.4 Å². The SMILES string of the molecule is Cc1cc(C(F)(F)F)nn1CCCNC(=O)CCn1nc(C(F)(F)F)c(Br)c1C1CC1. The van der Waals surface area contributed by atoms with Crippen LogP contribution in [0.5, 0.6) is 0 Å². The summed E-state index contributed by atoms with van der Waals surface area (Å²) >= 11 is 3.00. The van der Waals surface area contributed by atoms with Crippen molar-refractivity contribution in [2.24, 2.45) is 0 Å². The summed E-state index contributed by atoms with van der Waals surface area (Å²) in [5, 5.41) is 9.77. The van der Waals surface area contributed by atoms with Crippen LogP contribution in [0.3, 0.4) is 0 Å². The monoisotopic (exact) mass is 515 g/mol. The Hall–Kier alpha value is -2.05. The second-order valence-electron chi connectivity index (χ2n) is 7.39. The van der Waals surface area contributed by atoms with Gasteiger partial charge in [0.05, 0.1) is 16.7 Å². The summed E-state index contributed by atoms with van der Waals surface area (Å²) in [5.74, 6) is -0.380. The Morgan fingerprint density at radius 2 is 1.81 bits per heavy atom. The topological polar surface area (TPSA) is 64.7 Å². The highest BCUT2D eigenvalue weighted by atomic mass is 79.9. The molecule has 0 atom stereocenters. The van der Waals surface area contributed by atoms with E-state index < -0.39 is 23.7 Å². The number of carbonyl (C=O) groups excluding carboxylic acids is 1. The van der Waals surface area contributed by atoms with Gasteiger partial charge in [-0.1, -0.05) is 0 Å². The van der Waals surface area contributed by atoms with Gasteiger partial charge in [0, 0.05) is 31.1 Å². The summed E-state index contributed by atoms with van der Waals surface area (Å²) in [7, 11) is 0. The standard InChI is InChI=1S/C18H20BrF6N5O/c1-10-9-12(17(20,21)22)27-29(10)7-2-6-26-13(31)5-8-30-15(11-3-4-11)14(19)16(28-30)18(23,24)25/h9,11H,2-8H2,1H3,(H,26,31). The van der Waals surface area contributed by atoms with E-state index in [2.05, 4.69) is 31.4 Å². The van der Waals surface area contributed by atoms with Crippen LogP contribution in [0, 0.1) is 6.92 Å². The summed E-state index contributed by atoms with van der Waals surface area (Å²) in [5.41, 5.74) is -1.16. The molecule has 2 aromatic rings. The highest BCUT2D eigenvalue weighted by Crippen LogP contribution is 2.47. The molecular weight excluding hydrogens is 496 g/mol. The Morgan fingerprint density at radius 1 is 1.13 bits per heavy atom. The van der Waals surface area contributed by atoms with E-state index in [1.807, 2.05) is 0 Å². The zero-order chi connectivity index (χ0) is 23.0. The van der Waals surface area contributed by atoms with E-state index >= 15 is 0 Å². The summed E-state index contributed by atoms with van der Waals surface area (Å²) in [6, 6.07) is 0.952. The van der Waals surface area contributed by atoms with Gasteiger partial charge >= 0.3 is 12.4 Å². The zero-order valence-electron chi connectivity index (χ0n) is 16.4. The van der Waals surface area contributed by atoms with Gasteiger partial charge in [0.1, 0.15) is 0 Å². The van der Waals surface area contributed by atoms with Crippen LogP contribution < -0.4 is 5.32 Å². The third kappa shape index (κ3) is 5.80. The smallest absolute Gasteiger partial charge is 0.356 e. The fraction of sp³-hybridized carbons (Fsp3) is 0.611. The summed E-state index contributed by atoms with van der Waals surface area (Å²) < 4.78 is 79.7. The molecule has 0 aromatic carbocycles. The van der Waals surface area contributed by atoms with E-state index in [4.69, 9.17) is 0 Å². The lowest BCUT2D eigenvalue weighted by Gasteiger charge is -2.09. The lowest BCUT2D eigenvalue weighted by atomic mass is 10.2. The third-order valence-electron chi connectivity index (χ3n) is 4.86. The number of halogens is 7. The van der Waals surface area contributed by atoms with Gasteiger partial charge in [-0.3, -0.25) is 14.2 Å². The van der Waals surface area contributed by atoms with E-state index in [1.165, 1.54) is 16.3 Å². The first kappa shape index (κ1) is 23.6. The van der Waals surface area contributed by atoms with Crippen molar-refractivity contribution in [3.63, 3.8) is 0 Å². The fourth-order valence-corrected chi connectivity index (χ4v) is 4.01. The molecule has 0 unspecified atom stereocenters. The number of nitrogens with one attached hydrogen (secondary N) is 1.